The number of nitrogens with one attached hydrogen (secondary N) is 1. The molecule has 20 heavy (non-hydrogen) atoms. The maximum Gasteiger partial charge on any atom is 0.250 e. The van der Waals surface area contributed by atoms with Gasteiger partial charge < -0.3 is 15.8 Å². The summed E-state index contributed by atoms with van der Waals surface area (Å²) in [4.78, 5) is 11.9. The smallest absolute Gasteiger partial charge is 0.250 e. The molecule has 120 valence electrons. The lowest BCUT2D eigenvalue weighted by Gasteiger charge is -2.39. The number of ether oxygens (including phenoxy) is 1. The van der Waals surface area contributed by atoms with Crippen molar-refractivity contribution in [3.05, 3.63) is 0 Å². The first-order valence-electron chi connectivity index (χ1n) is 7.47. The summed E-state index contributed by atoms with van der Waals surface area (Å²) in [5.41, 5.74) is 5.92. The summed E-state index contributed by atoms with van der Waals surface area (Å²) in [5, 5.41) is 3.07. The third-order valence-corrected chi connectivity index (χ3v) is 4.88. The van der Waals surface area contributed by atoms with Crippen molar-refractivity contribution < 1.29 is 9.53 Å². The third-order valence-electron chi connectivity index (χ3n) is 4.88. The van der Waals surface area contributed by atoms with Gasteiger partial charge in [-0.05, 0) is 37.0 Å². The van der Waals surface area contributed by atoms with Crippen molar-refractivity contribution >= 4 is 18.3 Å². The summed E-state index contributed by atoms with van der Waals surface area (Å²) in [6.45, 7) is 7.21. The molecule has 1 rings (SSSR count). The molecule has 0 aromatic rings. The zero-order valence-corrected chi connectivity index (χ0v) is 14.1. The van der Waals surface area contributed by atoms with Crippen LogP contribution in [0.3, 0.4) is 0 Å². The molecule has 0 aliphatic heterocycles. The standard InChI is InChI=1S/C15H30N2O2.ClH/c1-5-15(2,3)11-6-8-12(9-7-11)17-14(18)13(10-16)19-4;/h11-13H,5-10,16H2,1-4H3,(H,17,18);1H. The van der Waals surface area contributed by atoms with Crippen LogP contribution in [0.4, 0.5) is 0 Å². The number of halogens is 1. The number of nitrogens with two attached hydrogens (primary N) is 1. The molecule has 1 fully saturated rings. The Labute approximate surface area is 129 Å². The first kappa shape index (κ1) is 19.7. The fourth-order valence-electron chi connectivity index (χ4n) is 2.91. The lowest BCUT2D eigenvalue weighted by molar-refractivity contribution is -0.131. The SMILES string of the molecule is CCC(C)(C)C1CCC(NC(=O)C(CN)OC)CC1.Cl. The Hall–Kier alpha value is -0.320. The Morgan fingerprint density at radius 2 is 1.90 bits per heavy atom. The zero-order valence-electron chi connectivity index (χ0n) is 13.3. The predicted octanol–water partition coefficient (Wildman–Crippen LogP) is 2.49. The van der Waals surface area contributed by atoms with Crippen molar-refractivity contribution in [3.63, 3.8) is 0 Å². The van der Waals surface area contributed by atoms with Gasteiger partial charge in [-0.1, -0.05) is 27.2 Å². The van der Waals surface area contributed by atoms with Gasteiger partial charge in [0, 0.05) is 19.7 Å². The maximum atomic E-state index is 11.9. The molecule has 1 unspecified atom stereocenters. The number of rotatable bonds is 6. The minimum atomic E-state index is -0.509. The number of carbonyl (C=O) groups is 1. The number of hydrogen-bond acceptors (Lipinski definition) is 3. The molecule has 1 saturated carbocycles. The topological polar surface area (TPSA) is 64.4 Å². The molecule has 1 atom stereocenters. The average molecular weight is 307 g/mol. The van der Waals surface area contributed by atoms with Crippen LogP contribution in [0, 0.1) is 11.3 Å². The van der Waals surface area contributed by atoms with Crippen LogP contribution in [0.25, 0.3) is 0 Å². The minimum absolute atomic E-state index is 0. The van der Waals surface area contributed by atoms with Crippen LogP contribution in [0.1, 0.15) is 52.9 Å². The van der Waals surface area contributed by atoms with Crippen LogP contribution in [0.15, 0.2) is 0 Å². The zero-order chi connectivity index (χ0) is 14.5. The summed E-state index contributed by atoms with van der Waals surface area (Å²) >= 11 is 0. The monoisotopic (exact) mass is 306 g/mol. The van der Waals surface area contributed by atoms with E-state index in [2.05, 4.69) is 26.1 Å². The maximum absolute atomic E-state index is 11.9. The van der Waals surface area contributed by atoms with E-state index in [1.165, 1.54) is 26.4 Å². The van der Waals surface area contributed by atoms with Gasteiger partial charge in [0.25, 0.3) is 5.91 Å². The Kier molecular flexibility index (Phi) is 8.71. The van der Waals surface area contributed by atoms with Gasteiger partial charge in [0.1, 0.15) is 6.10 Å². The first-order valence-corrected chi connectivity index (χ1v) is 7.47. The Bertz CT molecular complexity index is 286. The molecule has 0 aromatic heterocycles. The van der Waals surface area contributed by atoms with Crippen LogP contribution < -0.4 is 11.1 Å². The van der Waals surface area contributed by atoms with Crippen molar-refractivity contribution in [3.8, 4) is 0 Å². The van der Waals surface area contributed by atoms with Gasteiger partial charge in [0.05, 0.1) is 0 Å². The molecule has 0 radical (unpaired) electrons. The molecular formula is C15H31ClN2O2. The van der Waals surface area contributed by atoms with E-state index >= 15 is 0 Å². The Balaban J connectivity index is 0.00000361. The highest BCUT2D eigenvalue weighted by molar-refractivity contribution is 5.85. The van der Waals surface area contributed by atoms with E-state index in [1.54, 1.807) is 0 Å². The van der Waals surface area contributed by atoms with Gasteiger partial charge in [0.2, 0.25) is 0 Å². The van der Waals surface area contributed by atoms with Gasteiger partial charge in [-0.25, -0.2) is 0 Å². The number of carbonyl (C=O) groups excluding carboxylic acids is 1. The van der Waals surface area contributed by atoms with E-state index in [9.17, 15) is 4.79 Å². The van der Waals surface area contributed by atoms with Gasteiger partial charge in [-0.2, -0.15) is 0 Å². The number of hydrogen-bond donors (Lipinski definition) is 2. The van der Waals surface area contributed by atoms with Gasteiger partial charge >= 0.3 is 0 Å². The summed E-state index contributed by atoms with van der Waals surface area (Å²) in [5.74, 6) is 0.710. The molecule has 0 spiro atoms. The highest BCUT2D eigenvalue weighted by Crippen LogP contribution is 2.40. The normalized spacial score (nSPS) is 24.6. The van der Waals surface area contributed by atoms with E-state index in [1.807, 2.05) is 0 Å². The van der Waals surface area contributed by atoms with Crippen LogP contribution in [0.2, 0.25) is 0 Å². The number of amides is 1. The molecule has 0 heterocycles. The molecule has 1 amide bonds. The molecule has 0 bridgehead atoms. The summed E-state index contributed by atoms with van der Waals surface area (Å²) in [6.07, 6.45) is 5.25. The predicted molar refractivity (Wildman–Crippen MR) is 85.1 cm³/mol. The van der Waals surface area contributed by atoms with Crippen molar-refractivity contribution in [2.24, 2.45) is 17.1 Å². The highest BCUT2D eigenvalue weighted by atomic mass is 35.5. The van der Waals surface area contributed by atoms with Crippen LogP contribution >= 0.6 is 12.4 Å². The lowest BCUT2D eigenvalue weighted by Crippen LogP contribution is -2.47. The molecular weight excluding hydrogens is 276 g/mol. The van der Waals surface area contributed by atoms with Crippen molar-refractivity contribution in [2.45, 2.75) is 65.0 Å². The highest BCUT2D eigenvalue weighted by Gasteiger charge is 2.32. The Morgan fingerprint density at radius 3 is 2.30 bits per heavy atom. The van der Waals surface area contributed by atoms with Crippen LogP contribution in [-0.4, -0.2) is 31.7 Å². The quantitative estimate of drug-likeness (QED) is 0.792. The molecule has 1 aliphatic carbocycles. The Morgan fingerprint density at radius 1 is 1.35 bits per heavy atom. The van der Waals surface area contributed by atoms with Crippen molar-refractivity contribution in [1.29, 1.82) is 0 Å². The van der Waals surface area contributed by atoms with Crippen molar-refractivity contribution in [1.82, 2.24) is 5.32 Å². The second-order valence-electron chi connectivity index (χ2n) is 6.36. The molecule has 0 aromatic carbocycles. The van der Waals surface area contributed by atoms with Gasteiger partial charge in [0.15, 0.2) is 0 Å². The van der Waals surface area contributed by atoms with E-state index in [-0.39, 0.29) is 24.9 Å². The van der Waals surface area contributed by atoms with E-state index in [0.29, 0.717) is 11.5 Å². The van der Waals surface area contributed by atoms with E-state index in [0.717, 1.165) is 18.8 Å². The fraction of sp³-hybridized carbons (Fsp3) is 0.933. The molecule has 4 nitrogen and oxygen atoms in total. The van der Waals surface area contributed by atoms with E-state index in [4.69, 9.17) is 10.5 Å². The van der Waals surface area contributed by atoms with Crippen LogP contribution in [0.5, 0.6) is 0 Å². The second kappa shape index (κ2) is 8.85. The fourth-order valence-corrected chi connectivity index (χ4v) is 2.91. The molecule has 5 heteroatoms. The van der Waals surface area contributed by atoms with Gasteiger partial charge in [-0.15, -0.1) is 12.4 Å². The summed E-state index contributed by atoms with van der Waals surface area (Å²) in [6, 6.07) is 0.292. The second-order valence-corrected chi connectivity index (χ2v) is 6.36. The molecule has 0 saturated heterocycles. The number of methoxy groups -OCH3 is 1. The molecule has 3 N–H and O–H groups in total. The third kappa shape index (κ3) is 5.23. The summed E-state index contributed by atoms with van der Waals surface area (Å²) in [7, 11) is 1.53. The lowest BCUT2D eigenvalue weighted by atomic mass is 9.69. The van der Waals surface area contributed by atoms with Crippen molar-refractivity contribution in [2.75, 3.05) is 13.7 Å². The average Bonchev–Trinajstić information content (AvgIpc) is 2.40. The summed E-state index contributed by atoms with van der Waals surface area (Å²) < 4.78 is 5.06. The van der Waals surface area contributed by atoms with Gasteiger partial charge in [-0.3, -0.25) is 4.79 Å². The largest absolute Gasteiger partial charge is 0.370 e. The molecule has 1 aliphatic rings. The first-order chi connectivity index (χ1) is 8.94. The minimum Gasteiger partial charge on any atom is -0.370 e. The van der Waals surface area contributed by atoms with Crippen LogP contribution in [-0.2, 0) is 9.53 Å². The van der Waals surface area contributed by atoms with E-state index < -0.39 is 6.10 Å².